The van der Waals surface area contributed by atoms with E-state index in [1.54, 1.807) is 24.3 Å². The number of rotatable bonds is 6. The van der Waals surface area contributed by atoms with Crippen molar-refractivity contribution in [3.63, 3.8) is 0 Å². The van der Waals surface area contributed by atoms with Crippen LogP contribution in [-0.2, 0) is 6.54 Å². The van der Waals surface area contributed by atoms with Crippen LogP contribution in [0.3, 0.4) is 0 Å². The van der Waals surface area contributed by atoms with Crippen LogP contribution in [0.1, 0.15) is 38.9 Å². The van der Waals surface area contributed by atoms with E-state index in [0.717, 1.165) is 5.56 Å². The van der Waals surface area contributed by atoms with Gasteiger partial charge in [-0.3, -0.25) is 9.59 Å². The summed E-state index contributed by atoms with van der Waals surface area (Å²) in [6, 6.07) is 14.9. The molecular formula is C21H20N4O2. The van der Waals surface area contributed by atoms with Gasteiger partial charge >= 0.3 is 0 Å². The fraction of sp³-hybridized carbons (Fsp3) is 0.143. The number of Topliss-reactive ketones (excluding diaryl/α,β-unsaturated/α-hetero) is 1. The molecular weight excluding hydrogens is 340 g/mol. The van der Waals surface area contributed by atoms with Gasteiger partial charge in [-0.2, -0.15) is 0 Å². The zero-order valence-electron chi connectivity index (χ0n) is 15.2. The molecule has 0 bridgehead atoms. The van der Waals surface area contributed by atoms with Crippen molar-refractivity contribution < 1.29 is 9.59 Å². The molecule has 0 saturated heterocycles. The third kappa shape index (κ3) is 4.98. The van der Waals surface area contributed by atoms with Crippen LogP contribution in [0.4, 0.5) is 11.5 Å². The quantitative estimate of drug-likeness (QED) is 0.652. The number of nitrogens with one attached hydrogen (secondary N) is 2. The summed E-state index contributed by atoms with van der Waals surface area (Å²) >= 11 is 0. The molecule has 1 heterocycles. The highest BCUT2D eigenvalue weighted by molar-refractivity contribution is 6.03. The normalized spacial score (nSPS) is 10.3. The van der Waals surface area contributed by atoms with Gasteiger partial charge in [0.25, 0.3) is 5.91 Å². The lowest BCUT2D eigenvalue weighted by atomic mass is 10.1. The summed E-state index contributed by atoms with van der Waals surface area (Å²) in [6.07, 6.45) is 2.94. The summed E-state index contributed by atoms with van der Waals surface area (Å²) in [6.45, 7) is 4.15. The molecule has 0 aliphatic carbocycles. The minimum Gasteiger partial charge on any atom is -0.365 e. The Morgan fingerprint density at radius 2 is 1.81 bits per heavy atom. The number of aromatic nitrogens is 2. The first-order valence-corrected chi connectivity index (χ1v) is 8.55. The zero-order valence-corrected chi connectivity index (χ0v) is 15.2. The van der Waals surface area contributed by atoms with Gasteiger partial charge < -0.3 is 10.6 Å². The highest BCUT2D eigenvalue weighted by Gasteiger charge is 2.09. The lowest BCUT2D eigenvalue weighted by molar-refractivity contribution is 0.100. The molecule has 0 radical (unpaired) electrons. The summed E-state index contributed by atoms with van der Waals surface area (Å²) in [4.78, 5) is 32.1. The topological polar surface area (TPSA) is 84.0 Å². The molecule has 0 saturated carbocycles. The fourth-order valence-electron chi connectivity index (χ4n) is 2.56. The van der Waals surface area contributed by atoms with E-state index in [1.165, 1.54) is 24.9 Å². The van der Waals surface area contributed by atoms with Crippen LogP contribution < -0.4 is 10.6 Å². The van der Waals surface area contributed by atoms with Crippen molar-refractivity contribution >= 4 is 23.2 Å². The second-order valence-corrected chi connectivity index (χ2v) is 6.22. The van der Waals surface area contributed by atoms with Crippen molar-refractivity contribution in [2.75, 3.05) is 10.6 Å². The van der Waals surface area contributed by atoms with Gasteiger partial charge in [0.15, 0.2) is 5.78 Å². The van der Waals surface area contributed by atoms with Gasteiger partial charge in [0.2, 0.25) is 0 Å². The highest BCUT2D eigenvalue weighted by Crippen LogP contribution is 2.13. The van der Waals surface area contributed by atoms with Gasteiger partial charge in [-0.1, -0.05) is 42.0 Å². The summed E-state index contributed by atoms with van der Waals surface area (Å²) < 4.78 is 0. The molecule has 0 atom stereocenters. The molecule has 0 aliphatic heterocycles. The number of benzene rings is 2. The van der Waals surface area contributed by atoms with Crippen LogP contribution in [0.5, 0.6) is 0 Å². The molecule has 0 fully saturated rings. The van der Waals surface area contributed by atoms with E-state index in [4.69, 9.17) is 0 Å². The molecule has 1 amide bonds. The molecule has 1 aromatic heterocycles. The number of carbonyl (C=O) groups is 2. The SMILES string of the molecule is CC(=O)c1cccc(NC(=O)c2cnc(NCc3cccc(C)c3)cn2)c1. The minimum atomic E-state index is -0.381. The number of anilines is 2. The standard InChI is InChI=1S/C21H20N4O2/c1-14-5-3-6-16(9-14)11-23-20-13-22-19(12-24-20)21(27)25-18-8-4-7-17(10-18)15(2)26/h3-10,12-13H,11H2,1-2H3,(H,23,24)(H,25,27). The van der Waals surface area contributed by atoms with Crippen LogP contribution in [0.2, 0.25) is 0 Å². The minimum absolute atomic E-state index is 0.0603. The largest absolute Gasteiger partial charge is 0.365 e. The van der Waals surface area contributed by atoms with Crippen LogP contribution in [0.15, 0.2) is 60.9 Å². The van der Waals surface area contributed by atoms with Crippen LogP contribution in [0.25, 0.3) is 0 Å². The Morgan fingerprint density at radius 1 is 1.00 bits per heavy atom. The van der Waals surface area contributed by atoms with Crippen molar-refractivity contribution in [1.29, 1.82) is 0 Å². The van der Waals surface area contributed by atoms with E-state index >= 15 is 0 Å². The van der Waals surface area contributed by atoms with E-state index in [2.05, 4.69) is 26.7 Å². The maximum atomic E-state index is 12.3. The molecule has 0 unspecified atom stereocenters. The van der Waals surface area contributed by atoms with E-state index in [9.17, 15) is 9.59 Å². The van der Waals surface area contributed by atoms with Crippen LogP contribution in [0, 0.1) is 6.92 Å². The van der Waals surface area contributed by atoms with Gasteiger partial charge in [-0.15, -0.1) is 0 Å². The van der Waals surface area contributed by atoms with Crippen molar-refractivity contribution in [1.82, 2.24) is 9.97 Å². The van der Waals surface area contributed by atoms with Crippen LogP contribution in [-0.4, -0.2) is 21.7 Å². The predicted octanol–water partition coefficient (Wildman–Crippen LogP) is 3.85. The second kappa shape index (κ2) is 8.23. The molecule has 6 nitrogen and oxygen atoms in total. The molecule has 0 aliphatic rings. The van der Waals surface area contributed by atoms with Crippen molar-refractivity contribution in [2.24, 2.45) is 0 Å². The molecule has 0 spiro atoms. The summed E-state index contributed by atoms with van der Waals surface area (Å²) in [5, 5.41) is 5.90. The van der Waals surface area contributed by atoms with Crippen molar-refractivity contribution in [3.05, 3.63) is 83.3 Å². The number of amides is 1. The van der Waals surface area contributed by atoms with Gasteiger partial charge in [-0.25, -0.2) is 9.97 Å². The monoisotopic (exact) mass is 360 g/mol. The summed E-state index contributed by atoms with van der Waals surface area (Å²) in [5.74, 6) is 0.148. The summed E-state index contributed by atoms with van der Waals surface area (Å²) in [7, 11) is 0. The first-order valence-electron chi connectivity index (χ1n) is 8.55. The smallest absolute Gasteiger partial charge is 0.275 e. The van der Waals surface area contributed by atoms with E-state index in [1.807, 2.05) is 25.1 Å². The average molecular weight is 360 g/mol. The van der Waals surface area contributed by atoms with Gasteiger partial charge in [0, 0.05) is 17.8 Å². The van der Waals surface area contributed by atoms with Gasteiger partial charge in [0.05, 0.1) is 12.4 Å². The van der Waals surface area contributed by atoms with Crippen molar-refractivity contribution in [3.8, 4) is 0 Å². The van der Waals surface area contributed by atoms with E-state index < -0.39 is 0 Å². The number of aryl methyl sites for hydroxylation is 1. The third-order valence-corrected chi connectivity index (χ3v) is 3.97. The van der Waals surface area contributed by atoms with Gasteiger partial charge in [0.1, 0.15) is 11.5 Å². The molecule has 3 aromatic rings. The Balaban J connectivity index is 1.61. The first kappa shape index (κ1) is 18.3. The maximum Gasteiger partial charge on any atom is 0.275 e. The second-order valence-electron chi connectivity index (χ2n) is 6.22. The number of hydrogen-bond donors (Lipinski definition) is 2. The van der Waals surface area contributed by atoms with E-state index in [-0.39, 0.29) is 17.4 Å². The molecule has 27 heavy (non-hydrogen) atoms. The fourth-order valence-corrected chi connectivity index (χ4v) is 2.56. The molecule has 2 N–H and O–H groups in total. The first-order chi connectivity index (χ1) is 13.0. The zero-order chi connectivity index (χ0) is 19.2. The Bertz CT molecular complexity index is 968. The molecule has 3 rings (SSSR count). The number of carbonyl (C=O) groups excluding carboxylic acids is 2. The Morgan fingerprint density at radius 3 is 2.52 bits per heavy atom. The Hall–Kier alpha value is -3.54. The Kier molecular flexibility index (Phi) is 5.56. The van der Waals surface area contributed by atoms with Crippen LogP contribution >= 0.6 is 0 Å². The number of nitrogens with zero attached hydrogens (tertiary/aromatic N) is 2. The molecule has 136 valence electrons. The van der Waals surface area contributed by atoms with E-state index in [0.29, 0.717) is 23.6 Å². The molecule has 2 aromatic carbocycles. The molecule has 6 heteroatoms. The lowest BCUT2D eigenvalue weighted by Gasteiger charge is -2.08. The van der Waals surface area contributed by atoms with Crippen molar-refractivity contribution in [2.45, 2.75) is 20.4 Å². The third-order valence-electron chi connectivity index (χ3n) is 3.97. The number of ketones is 1. The average Bonchev–Trinajstić information content (AvgIpc) is 2.67. The summed E-state index contributed by atoms with van der Waals surface area (Å²) in [5.41, 5.74) is 3.61. The predicted molar refractivity (Wildman–Crippen MR) is 105 cm³/mol. The number of hydrogen-bond acceptors (Lipinski definition) is 5. The lowest BCUT2D eigenvalue weighted by Crippen LogP contribution is -2.15. The Labute approximate surface area is 157 Å². The van der Waals surface area contributed by atoms with Gasteiger partial charge in [-0.05, 0) is 31.5 Å². The highest BCUT2D eigenvalue weighted by atomic mass is 16.2. The maximum absolute atomic E-state index is 12.3.